The van der Waals surface area contributed by atoms with Gasteiger partial charge in [0.2, 0.25) is 5.91 Å². The van der Waals surface area contributed by atoms with Crippen LogP contribution < -0.4 is 0 Å². The Bertz CT molecular complexity index is 383. The molecule has 0 spiro atoms. The van der Waals surface area contributed by atoms with Gasteiger partial charge in [0, 0.05) is 19.0 Å². The summed E-state index contributed by atoms with van der Waals surface area (Å²) in [6, 6.07) is 0. The predicted octanol–water partition coefficient (Wildman–Crippen LogP) is 1.75. The molecule has 3 rings (SSSR count). The van der Waals surface area contributed by atoms with E-state index < -0.39 is 11.4 Å². The molecule has 1 heterocycles. The minimum atomic E-state index is -0.772. The van der Waals surface area contributed by atoms with Crippen molar-refractivity contribution in [1.29, 1.82) is 0 Å². The molecule has 4 nitrogen and oxygen atoms in total. The molecule has 0 radical (unpaired) electrons. The number of carboxylic acids is 1. The number of nitrogens with zero attached hydrogens (tertiary/aromatic N) is 1. The van der Waals surface area contributed by atoms with Crippen molar-refractivity contribution >= 4 is 11.9 Å². The van der Waals surface area contributed by atoms with Gasteiger partial charge in [-0.1, -0.05) is 12.8 Å². The highest BCUT2D eigenvalue weighted by Crippen LogP contribution is 2.56. The molecule has 1 N–H and O–H groups in total. The highest BCUT2D eigenvalue weighted by atomic mass is 16.4. The Balaban J connectivity index is 1.64. The zero-order chi connectivity index (χ0) is 12.9. The Hall–Kier alpha value is -1.06. The highest BCUT2D eigenvalue weighted by molar-refractivity contribution is 5.84. The number of likely N-dealkylation sites (tertiary alicyclic amines) is 1. The lowest BCUT2D eigenvalue weighted by atomic mass is 9.90. The Morgan fingerprint density at radius 1 is 1.22 bits per heavy atom. The first-order valence-corrected chi connectivity index (χ1v) is 7.05. The lowest BCUT2D eigenvalue weighted by Gasteiger charge is -2.20. The number of carbonyl (C=O) groups excluding carboxylic acids is 1. The molecule has 3 fully saturated rings. The summed E-state index contributed by atoms with van der Waals surface area (Å²) in [5.41, 5.74) is -0.726. The molecule has 18 heavy (non-hydrogen) atoms. The quantitative estimate of drug-likeness (QED) is 0.813. The third kappa shape index (κ3) is 1.73. The standard InChI is InChI=1S/C14H21NO3/c1-14(13(17)18)6-7-15(8-14)12(16)11-9-4-2-3-5-10(9)11/h9-11H,2-8H2,1H3,(H,17,18). The summed E-state index contributed by atoms with van der Waals surface area (Å²) >= 11 is 0. The van der Waals surface area contributed by atoms with Crippen molar-refractivity contribution in [2.24, 2.45) is 23.2 Å². The van der Waals surface area contributed by atoms with Crippen LogP contribution in [0.4, 0.5) is 0 Å². The first-order valence-electron chi connectivity index (χ1n) is 7.05. The maximum absolute atomic E-state index is 12.4. The van der Waals surface area contributed by atoms with Gasteiger partial charge in [-0.25, -0.2) is 0 Å². The van der Waals surface area contributed by atoms with Gasteiger partial charge >= 0.3 is 5.97 Å². The maximum atomic E-state index is 12.4. The average molecular weight is 251 g/mol. The van der Waals surface area contributed by atoms with E-state index in [1.807, 2.05) is 0 Å². The fraction of sp³-hybridized carbons (Fsp3) is 0.857. The van der Waals surface area contributed by atoms with Crippen LogP contribution in [-0.4, -0.2) is 35.0 Å². The van der Waals surface area contributed by atoms with Crippen molar-refractivity contribution in [1.82, 2.24) is 4.90 Å². The van der Waals surface area contributed by atoms with Crippen LogP contribution in [0.1, 0.15) is 39.0 Å². The summed E-state index contributed by atoms with van der Waals surface area (Å²) in [6.45, 7) is 2.78. The molecule has 3 aliphatic rings. The van der Waals surface area contributed by atoms with E-state index in [-0.39, 0.29) is 11.8 Å². The molecule has 2 aliphatic carbocycles. The van der Waals surface area contributed by atoms with Crippen LogP contribution in [0.3, 0.4) is 0 Å². The average Bonchev–Trinajstić information content (AvgIpc) is 2.94. The van der Waals surface area contributed by atoms with Crippen molar-refractivity contribution in [3.63, 3.8) is 0 Å². The lowest BCUT2D eigenvalue weighted by Crippen LogP contribution is -2.36. The van der Waals surface area contributed by atoms with E-state index >= 15 is 0 Å². The SMILES string of the molecule is CC1(C(=O)O)CCN(C(=O)C2C3CCCCC32)C1. The molecule has 3 atom stereocenters. The van der Waals surface area contributed by atoms with Crippen molar-refractivity contribution in [2.75, 3.05) is 13.1 Å². The fourth-order valence-electron chi connectivity index (χ4n) is 3.89. The van der Waals surface area contributed by atoms with E-state index in [2.05, 4.69) is 0 Å². The zero-order valence-electron chi connectivity index (χ0n) is 10.9. The number of hydrogen-bond donors (Lipinski definition) is 1. The van der Waals surface area contributed by atoms with E-state index in [1.165, 1.54) is 25.7 Å². The first-order chi connectivity index (χ1) is 8.53. The van der Waals surface area contributed by atoms with Crippen molar-refractivity contribution < 1.29 is 14.7 Å². The number of aliphatic carboxylic acids is 1. The molecule has 100 valence electrons. The number of hydrogen-bond acceptors (Lipinski definition) is 2. The van der Waals surface area contributed by atoms with Gasteiger partial charge in [0.25, 0.3) is 0 Å². The Morgan fingerprint density at radius 2 is 1.83 bits per heavy atom. The maximum Gasteiger partial charge on any atom is 0.311 e. The van der Waals surface area contributed by atoms with E-state index in [1.54, 1.807) is 11.8 Å². The zero-order valence-corrected chi connectivity index (χ0v) is 10.9. The molecule has 0 aromatic heterocycles. The van der Waals surface area contributed by atoms with Gasteiger partial charge in [-0.3, -0.25) is 9.59 Å². The molecule has 2 saturated carbocycles. The van der Waals surface area contributed by atoms with Crippen molar-refractivity contribution in [2.45, 2.75) is 39.0 Å². The molecule has 0 bridgehead atoms. The third-order valence-electron chi connectivity index (χ3n) is 5.24. The summed E-state index contributed by atoms with van der Waals surface area (Å²) in [4.78, 5) is 25.4. The van der Waals surface area contributed by atoms with Crippen LogP contribution in [0.25, 0.3) is 0 Å². The van der Waals surface area contributed by atoms with Crippen LogP contribution in [0.15, 0.2) is 0 Å². The second-order valence-corrected chi connectivity index (χ2v) is 6.51. The summed E-state index contributed by atoms with van der Waals surface area (Å²) in [5, 5.41) is 9.19. The Labute approximate surface area is 107 Å². The van der Waals surface area contributed by atoms with E-state index in [0.717, 1.165) is 0 Å². The van der Waals surface area contributed by atoms with E-state index in [4.69, 9.17) is 0 Å². The number of carboxylic acid groups (broad SMARTS) is 1. The lowest BCUT2D eigenvalue weighted by molar-refractivity contribution is -0.147. The van der Waals surface area contributed by atoms with Crippen LogP contribution in [0, 0.1) is 23.2 Å². The monoisotopic (exact) mass is 251 g/mol. The van der Waals surface area contributed by atoms with E-state index in [9.17, 15) is 14.7 Å². The van der Waals surface area contributed by atoms with E-state index in [0.29, 0.717) is 31.3 Å². The van der Waals surface area contributed by atoms with Gasteiger partial charge in [0.05, 0.1) is 5.41 Å². The second kappa shape index (κ2) is 3.97. The van der Waals surface area contributed by atoms with Crippen LogP contribution in [-0.2, 0) is 9.59 Å². The smallest absolute Gasteiger partial charge is 0.311 e. The molecule has 1 aliphatic heterocycles. The summed E-state index contributed by atoms with van der Waals surface area (Å²) in [5.74, 6) is 0.914. The van der Waals surface area contributed by atoms with Crippen LogP contribution in [0.5, 0.6) is 0 Å². The van der Waals surface area contributed by atoms with Crippen LogP contribution >= 0.6 is 0 Å². The molecule has 3 unspecified atom stereocenters. The largest absolute Gasteiger partial charge is 0.481 e. The van der Waals surface area contributed by atoms with Crippen LogP contribution in [0.2, 0.25) is 0 Å². The van der Waals surface area contributed by atoms with Gasteiger partial charge in [-0.05, 0) is 38.0 Å². The number of amides is 1. The minimum absolute atomic E-state index is 0.226. The fourth-order valence-corrected chi connectivity index (χ4v) is 3.89. The van der Waals surface area contributed by atoms with Gasteiger partial charge < -0.3 is 10.0 Å². The van der Waals surface area contributed by atoms with Crippen molar-refractivity contribution in [3.05, 3.63) is 0 Å². The molecule has 0 aromatic rings. The molecule has 1 saturated heterocycles. The summed E-state index contributed by atoms with van der Waals surface area (Å²) in [7, 11) is 0. The van der Waals surface area contributed by atoms with Gasteiger partial charge in [-0.15, -0.1) is 0 Å². The first kappa shape index (κ1) is 12.0. The Morgan fingerprint density at radius 3 is 2.33 bits per heavy atom. The summed E-state index contributed by atoms with van der Waals surface area (Å²) < 4.78 is 0. The number of fused-ring (bicyclic) bond motifs is 1. The third-order valence-corrected chi connectivity index (χ3v) is 5.24. The highest BCUT2D eigenvalue weighted by Gasteiger charge is 2.57. The van der Waals surface area contributed by atoms with Crippen molar-refractivity contribution in [3.8, 4) is 0 Å². The molecular weight excluding hydrogens is 230 g/mol. The topological polar surface area (TPSA) is 57.6 Å². The second-order valence-electron chi connectivity index (χ2n) is 6.51. The molecule has 4 heteroatoms. The van der Waals surface area contributed by atoms with Gasteiger partial charge in [-0.2, -0.15) is 0 Å². The molecule has 1 amide bonds. The van der Waals surface area contributed by atoms with Gasteiger partial charge in [0.1, 0.15) is 0 Å². The van der Waals surface area contributed by atoms with Gasteiger partial charge in [0.15, 0.2) is 0 Å². The molecular formula is C14H21NO3. The molecule has 0 aromatic carbocycles. The Kier molecular flexibility index (Phi) is 2.65. The predicted molar refractivity (Wildman–Crippen MR) is 65.9 cm³/mol. The number of carbonyl (C=O) groups is 2. The number of rotatable bonds is 2. The normalized spacial score (nSPS) is 42.5. The minimum Gasteiger partial charge on any atom is -0.481 e. The summed E-state index contributed by atoms with van der Waals surface area (Å²) in [6.07, 6.45) is 5.52.